The second-order valence-electron chi connectivity index (χ2n) is 6.74. The first-order valence-electron chi connectivity index (χ1n) is 9.52. The molecule has 7 nitrogen and oxygen atoms in total. The number of carbonyl (C=O) groups excluding carboxylic acids is 1. The van der Waals surface area contributed by atoms with E-state index >= 15 is 0 Å². The SMILES string of the molecule is C=CCc1cccc2nc(C(C)N)n(-c3cccc(NC(=O)NCC)c3)c(=O)c12. The smallest absolute Gasteiger partial charge is 0.319 e. The standard InChI is InChI=1S/C22H25N5O2/c1-4-8-15-9-6-12-18-19(15)21(28)27(20(26-18)14(3)23)17-11-7-10-16(13-17)25-22(29)24-5-2/h4,6-7,9-14H,1,5,8,23H2,2-3H3,(H2,24,25,29). The van der Waals surface area contributed by atoms with Crippen LogP contribution in [0.2, 0.25) is 0 Å². The third kappa shape index (κ3) is 4.20. The monoisotopic (exact) mass is 391 g/mol. The van der Waals surface area contributed by atoms with Crippen LogP contribution in [-0.4, -0.2) is 22.1 Å². The van der Waals surface area contributed by atoms with E-state index in [1.807, 2.05) is 25.1 Å². The maximum Gasteiger partial charge on any atom is 0.319 e. The fourth-order valence-electron chi connectivity index (χ4n) is 3.26. The summed E-state index contributed by atoms with van der Waals surface area (Å²) in [5.74, 6) is 0.452. The minimum absolute atomic E-state index is 0.199. The maximum atomic E-state index is 13.5. The molecule has 0 aliphatic carbocycles. The van der Waals surface area contributed by atoms with Gasteiger partial charge in [0.2, 0.25) is 0 Å². The van der Waals surface area contributed by atoms with Crippen molar-refractivity contribution >= 4 is 22.6 Å². The van der Waals surface area contributed by atoms with E-state index in [2.05, 4.69) is 22.2 Å². The molecular formula is C22H25N5O2. The van der Waals surface area contributed by atoms with Gasteiger partial charge in [0.05, 0.1) is 22.6 Å². The molecule has 7 heteroatoms. The summed E-state index contributed by atoms with van der Waals surface area (Å²) in [4.78, 5) is 30.1. The number of hydrogen-bond acceptors (Lipinski definition) is 4. The Morgan fingerprint density at radius 2 is 2.07 bits per heavy atom. The Kier molecular flexibility index (Phi) is 6.09. The van der Waals surface area contributed by atoms with E-state index in [1.54, 1.807) is 37.3 Å². The molecule has 0 saturated carbocycles. The molecule has 150 valence electrons. The lowest BCUT2D eigenvalue weighted by Crippen LogP contribution is -2.29. The number of hydrogen-bond donors (Lipinski definition) is 3. The molecule has 1 unspecified atom stereocenters. The van der Waals surface area contributed by atoms with Gasteiger partial charge in [0.15, 0.2) is 0 Å². The number of benzene rings is 2. The molecule has 0 aliphatic rings. The molecule has 1 heterocycles. The molecule has 0 bridgehead atoms. The number of carbonyl (C=O) groups is 1. The van der Waals surface area contributed by atoms with E-state index in [0.29, 0.717) is 41.1 Å². The van der Waals surface area contributed by atoms with Crippen molar-refractivity contribution in [2.24, 2.45) is 5.73 Å². The predicted octanol–water partition coefficient (Wildman–Crippen LogP) is 3.28. The van der Waals surface area contributed by atoms with Crippen LogP contribution in [0.3, 0.4) is 0 Å². The van der Waals surface area contributed by atoms with Crippen LogP contribution in [0, 0.1) is 0 Å². The summed E-state index contributed by atoms with van der Waals surface area (Å²) in [5, 5.41) is 5.98. The van der Waals surface area contributed by atoms with Gasteiger partial charge in [-0.05, 0) is 50.1 Å². The number of nitrogens with one attached hydrogen (secondary N) is 2. The summed E-state index contributed by atoms with van der Waals surface area (Å²) in [6, 6.07) is 11.9. The molecule has 2 amide bonds. The summed E-state index contributed by atoms with van der Waals surface area (Å²) < 4.78 is 1.52. The quantitative estimate of drug-likeness (QED) is 0.561. The molecule has 2 aromatic carbocycles. The molecule has 29 heavy (non-hydrogen) atoms. The van der Waals surface area contributed by atoms with Crippen molar-refractivity contribution in [3.8, 4) is 5.69 Å². The Morgan fingerprint density at radius 1 is 1.31 bits per heavy atom. The molecule has 0 radical (unpaired) electrons. The van der Waals surface area contributed by atoms with Gasteiger partial charge in [-0.1, -0.05) is 24.3 Å². The van der Waals surface area contributed by atoms with E-state index in [-0.39, 0.29) is 11.6 Å². The van der Waals surface area contributed by atoms with Crippen molar-refractivity contribution in [1.29, 1.82) is 0 Å². The Hall–Kier alpha value is -3.45. The van der Waals surface area contributed by atoms with Crippen molar-refractivity contribution in [3.05, 3.63) is 76.9 Å². The highest BCUT2D eigenvalue weighted by Gasteiger charge is 2.17. The van der Waals surface area contributed by atoms with Crippen molar-refractivity contribution in [2.45, 2.75) is 26.3 Å². The first kappa shape index (κ1) is 20.3. The number of nitrogens with two attached hydrogens (primary N) is 1. The second-order valence-corrected chi connectivity index (χ2v) is 6.74. The highest BCUT2D eigenvalue weighted by Crippen LogP contribution is 2.21. The lowest BCUT2D eigenvalue weighted by molar-refractivity contribution is 0.252. The fraction of sp³-hybridized carbons (Fsp3) is 0.227. The van der Waals surface area contributed by atoms with Crippen LogP contribution in [0.4, 0.5) is 10.5 Å². The Balaban J connectivity index is 2.23. The summed E-state index contributed by atoms with van der Waals surface area (Å²) in [6.07, 6.45) is 2.32. The molecular weight excluding hydrogens is 366 g/mol. The van der Waals surface area contributed by atoms with Gasteiger partial charge in [-0.2, -0.15) is 0 Å². The normalized spacial score (nSPS) is 11.8. The van der Waals surface area contributed by atoms with Crippen LogP contribution in [0.25, 0.3) is 16.6 Å². The van der Waals surface area contributed by atoms with Gasteiger partial charge < -0.3 is 16.4 Å². The van der Waals surface area contributed by atoms with Crippen LogP contribution < -0.4 is 21.9 Å². The number of amides is 2. The Labute approximate surface area is 169 Å². The largest absolute Gasteiger partial charge is 0.338 e. The van der Waals surface area contributed by atoms with Gasteiger partial charge in [0.25, 0.3) is 5.56 Å². The zero-order valence-corrected chi connectivity index (χ0v) is 16.6. The van der Waals surface area contributed by atoms with Gasteiger partial charge in [-0.25, -0.2) is 9.78 Å². The number of allylic oxidation sites excluding steroid dienone is 1. The molecule has 0 spiro atoms. The van der Waals surface area contributed by atoms with Gasteiger partial charge in [0, 0.05) is 12.2 Å². The number of rotatable bonds is 6. The third-order valence-corrected chi connectivity index (χ3v) is 4.48. The van der Waals surface area contributed by atoms with Crippen molar-refractivity contribution in [3.63, 3.8) is 0 Å². The Morgan fingerprint density at radius 3 is 2.76 bits per heavy atom. The topological polar surface area (TPSA) is 102 Å². The number of anilines is 1. The molecule has 3 rings (SSSR count). The molecule has 3 aromatic rings. The highest BCUT2D eigenvalue weighted by molar-refractivity contribution is 5.89. The van der Waals surface area contributed by atoms with E-state index in [1.165, 1.54) is 4.57 Å². The minimum Gasteiger partial charge on any atom is -0.338 e. The average Bonchev–Trinajstić information content (AvgIpc) is 2.68. The summed E-state index contributed by atoms with van der Waals surface area (Å²) >= 11 is 0. The Bertz CT molecular complexity index is 1120. The third-order valence-electron chi connectivity index (χ3n) is 4.48. The predicted molar refractivity (Wildman–Crippen MR) is 117 cm³/mol. The van der Waals surface area contributed by atoms with E-state index in [4.69, 9.17) is 5.73 Å². The first-order chi connectivity index (χ1) is 14.0. The second kappa shape index (κ2) is 8.70. The maximum absolute atomic E-state index is 13.5. The van der Waals surface area contributed by atoms with Gasteiger partial charge in [0.1, 0.15) is 5.82 Å². The van der Waals surface area contributed by atoms with Crippen LogP contribution in [0.15, 0.2) is 59.9 Å². The van der Waals surface area contributed by atoms with Crippen LogP contribution in [0.1, 0.15) is 31.3 Å². The zero-order chi connectivity index (χ0) is 21.0. The van der Waals surface area contributed by atoms with E-state index in [0.717, 1.165) is 5.56 Å². The molecule has 0 saturated heterocycles. The highest BCUT2D eigenvalue weighted by atomic mass is 16.2. The van der Waals surface area contributed by atoms with Crippen molar-refractivity contribution in [1.82, 2.24) is 14.9 Å². The first-order valence-corrected chi connectivity index (χ1v) is 9.52. The number of aromatic nitrogens is 2. The fourth-order valence-corrected chi connectivity index (χ4v) is 3.26. The van der Waals surface area contributed by atoms with Crippen molar-refractivity contribution < 1.29 is 4.79 Å². The minimum atomic E-state index is -0.463. The van der Waals surface area contributed by atoms with Gasteiger partial charge >= 0.3 is 6.03 Å². The number of nitrogens with zero attached hydrogens (tertiary/aromatic N) is 2. The molecule has 1 aromatic heterocycles. The van der Waals surface area contributed by atoms with Crippen LogP contribution >= 0.6 is 0 Å². The van der Waals surface area contributed by atoms with E-state index < -0.39 is 6.04 Å². The average molecular weight is 391 g/mol. The summed E-state index contributed by atoms with van der Waals surface area (Å²) in [6.45, 7) is 7.92. The molecule has 0 fully saturated rings. The molecule has 1 atom stereocenters. The van der Waals surface area contributed by atoms with Crippen LogP contribution in [0.5, 0.6) is 0 Å². The van der Waals surface area contributed by atoms with Gasteiger partial charge in [-0.15, -0.1) is 6.58 Å². The van der Waals surface area contributed by atoms with Crippen LogP contribution in [-0.2, 0) is 6.42 Å². The lowest BCUT2D eigenvalue weighted by Gasteiger charge is -2.18. The number of urea groups is 1. The molecule has 0 aliphatic heterocycles. The number of fused-ring (bicyclic) bond motifs is 1. The summed E-state index contributed by atoms with van der Waals surface area (Å²) in [5.41, 5.74) is 8.56. The van der Waals surface area contributed by atoms with E-state index in [9.17, 15) is 9.59 Å². The zero-order valence-electron chi connectivity index (χ0n) is 16.6. The molecule has 4 N–H and O–H groups in total. The summed E-state index contributed by atoms with van der Waals surface area (Å²) in [7, 11) is 0. The van der Waals surface area contributed by atoms with Gasteiger partial charge in [-0.3, -0.25) is 9.36 Å². The lowest BCUT2D eigenvalue weighted by atomic mass is 10.1. The van der Waals surface area contributed by atoms with Crippen molar-refractivity contribution in [2.75, 3.05) is 11.9 Å².